The van der Waals surface area contributed by atoms with Crippen LogP contribution in [0.25, 0.3) is 0 Å². The van der Waals surface area contributed by atoms with Gasteiger partial charge >= 0.3 is 0 Å². The number of ether oxygens (including phenoxy) is 1. The Balaban J connectivity index is 1.89. The molecular weight excluding hydrogens is 268 g/mol. The molecule has 0 bridgehead atoms. The first-order valence-corrected chi connectivity index (χ1v) is 6.32. The van der Waals surface area contributed by atoms with Gasteiger partial charge in [-0.05, 0) is 0 Å². The third kappa shape index (κ3) is 2.28. The zero-order valence-corrected chi connectivity index (χ0v) is 10.5. The summed E-state index contributed by atoms with van der Waals surface area (Å²) < 4.78 is 7.04. The first-order valence-electron chi connectivity index (χ1n) is 6.32. The van der Waals surface area contributed by atoms with Crippen molar-refractivity contribution >= 4 is 5.82 Å². The van der Waals surface area contributed by atoms with Gasteiger partial charge in [-0.1, -0.05) is 0 Å². The fourth-order valence-electron chi connectivity index (χ4n) is 2.37. The van der Waals surface area contributed by atoms with Gasteiger partial charge in [-0.25, -0.2) is 4.98 Å². The van der Waals surface area contributed by atoms with Gasteiger partial charge in [-0.15, -0.1) is 0 Å². The number of rotatable bonds is 2. The average Bonchev–Trinajstić information content (AvgIpc) is 2.96. The minimum Gasteiger partial charge on any atom is -0.394 e. The maximum absolute atomic E-state index is 9.94. The maximum atomic E-state index is 9.94. The van der Waals surface area contributed by atoms with Crippen LogP contribution in [0.15, 0.2) is 6.33 Å². The molecule has 0 aliphatic carbocycles. The van der Waals surface area contributed by atoms with Crippen molar-refractivity contribution in [2.24, 2.45) is 0 Å². The highest BCUT2D eigenvalue weighted by Crippen LogP contribution is 2.33. The molecule has 1 aromatic rings. The van der Waals surface area contributed by atoms with E-state index in [4.69, 9.17) is 9.84 Å². The number of imidazole rings is 1. The second-order valence-electron chi connectivity index (χ2n) is 4.79. The van der Waals surface area contributed by atoms with Crippen LogP contribution in [-0.2, 0) is 4.74 Å². The van der Waals surface area contributed by atoms with Crippen LogP contribution >= 0.6 is 0 Å². The van der Waals surface area contributed by atoms with Crippen molar-refractivity contribution in [2.75, 3.05) is 18.5 Å². The highest BCUT2D eigenvalue weighted by atomic mass is 16.5. The monoisotopic (exact) mass is 285 g/mol. The highest BCUT2D eigenvalue weighted by molar-refractivity contribution is 5.45. The number of anilines is 1. The number of nitrogens with one attached hydrogen (secondary N) is 2. The molecule has 0 amide bonds. The maximum Gasteiger partial charge on any atom is 0.182 e. The normalized spacial score (nSPS) is 37.3. The standard InChI is InChI=1S/C11H17N4O5/c16-3-7-5(17)1-8(20-7)15-4-13-9-6(18)2-12-11(19)14-10(9)15/h1,4-8,11-12,14,16-19H,2-3H2/t5?,6-,7-,8-,11?/m1/s1. The number of aliphatic hydroxyl groups is 4. The van der Waals surface area contributed by atoms with E-state index in [0.29, 0.717) is 11.5 Å². The third-order valence-corrected chi connectivity index (χ3v) is 3.43. The molecule has 20 heavy (non-hydrogen) atoms. The average molecular weight is 285 g/mol. The molecule has 0 aromatic carbocycles. The van der Waals surface area contributed by atoms with E-state index in [-0.39, 0.29) is 13.2 Å². The molecule has 5 atom stereocenters. The molecule has 2 aliphatic heterocycles. The Morgan fingerprint density at radius 3 is 2.90 bits per heavy atom. The molecule has 2 unspecified atom stereocenters. The number of hydrogen-bond donors (Lipinski definition) is 6. The summed E-state index contributed by atoms with van der Waals surface area (Å²) in [7, 11) is 0. The first kappa shape index (κ1) is 13.7. The smallest absolute Gasteiger partial charge is 0.182 e. The summed E-state index contributed by atoms with van der Waals surface area (Å²) in [6, 6.07) is 0. The van der Waals surface area contributed by atoms with Crippen LogP contribution < -0.4 is 10.6 Å². The van der Waals surface area contributed by atoms with E-state index in [1.807, 2.05) is 0 Å². The molecule has 111 valence electrons. The van der Waals surface area contributed by atoms with Gasteiger partial charge in [0.25, 0.3) is 0 Å². The largest absolute Gasteiger partial charge is 0.394 e. The van der Waals surface area contributed by atoms with Gasteiger partial charge in [0.2, 0.25) is 0 Å². The molecule has 0 spiro atoms. The van der Waals surface area contributed by atoms with Gasteiger partial charge in [-0.3, -0.25) is 9.88 Å². The van der Waals surface area contributed by atoms with Gasteiger partial charge in [0.15, 0.2) is 6.35 Å². The summed E-state index contributed by atoms with van der Waals surface area (Å²) in [5, 5.41) is 43.9. The van der Waals surface area contributed by atoms with Crippen LogP contribution in [-0.4, -0.2) is 61.7 Å². The Morgan fingerprint density at radius 2 is 2.20 bits per heavy atom. The Hall–Kier alpha value is -1.23. The SMILES string of the molecule is OC[C@H]1O[C@@H](n2cnc3c2NC(O)NC[C@H]3O)[CH]C1O. The van der Waals surface area contributed by atoms with Crippen LogP contribution in [0.4, 0.5) is 5.82 Å². The lowest BCUT2D eigenvalue weighted by Gasteiger charge is -2.18. The Morgan fingerprint density at radius 1 is 1.40 bits per heavy atom. The molecule has 9 heteroatoms. The number of β-amino-alcohol motifs (C(OH)–C–C–N with tert-alkyl or cyclic N) is 1. The van der Waals surface area contributed by atoms with Crippen molar-refractivity contribution in [2.45, 2.75) is 30.9 Å². The van der Waals surface area contributed by atoms with E-state index in [0.717, 1.165) is 0 Å². The molecule has 1 aromatic heterocycles. The van der Waals surface area contributed by atoms with Crippen molar-refractivity contribution in [1.82, 2.24) is 14.9 Å². The zero-order valence-electron chi connectivity index (χ0n) is 10.5. The van der Waals surface area contributed by atoms with Crippen LogP contribution in [0.1, 0.15) is 18.0 Å². The molecule has 1 radical (unpaired) electrons. The molecular formula is C11H17N4O5. The fourth-order valence-corrected chi connectivity index (χ4v) is 2.37. The fraction of sp³-hybridized carbons (Fsp3) is 0.636. The summed E-state index contributed by atoms with van der Waals surface area (Å²) in [5.74, 6) is 0.405. The van der Waals surface area contributed by atoms with E-state index in [9.17, 15) is 15.3 Å². The van der Waals surface area contributed by atoms with Gasteiger partial charge < -0.3 is 30.5 Å². The number of nitrogens with zero attached hydrogens (tertiary/aromatic N) is 2. The van der Waals surface area contributed by atoms with Crippen LogP contribution in [0.2, 0.25) is 0 Å². The zero-order chi connectivity index (χ0) is 14.3. The molecule has 9 nitrogen and oxygen atoms in total. The van der Waals surface area contributed by atoms with E-state index < -0.39 is 30.9 Å². The number of fused-ring (bicyclic) bond motifs is 1. The first-order chi connectivity index (χ1) is 9.60. The Kier molecular flexibility index (Phi) is 3.63. The predicted molar refractivity (Wildman–Crippen MR) is 66.1 cm³/mol. The van der Waals surface area contributed by atoms with Crippen LogP contribution in [0.5, 0.6) is 0 Å². The van der Waals surface area contributed by atoms with Crippen LogP contribution in [0, 0.1) is 6.42 Å². The van der Waals surface area contributed by atoms with Gasteiger partial charge in [0, 0.05) is 13.0 Å². The summed E-state index contributed by atoms with van der Waals surface area (Å²) >= 11 is 0. The topological polar surface area (TPSA) is 132 Å². The van der Waals surface area contributed by atoms with Gasteiger partial charge in [0.05, 0.1) is 19.0 Å². The van der Waals surface area contributed by atoms with Crippen molar-refractivity contribution in [3.63, 3.8) is 0 Å². The van der Waals surface area contributed by atoms with Gasteiger partial charge in [-0.2, -0.15) is 0 Å². The van der Waals surface area contributed by atoms with E-state index in [2.05, 4.69) is 15.6 Å². The molecule has 0 saturated carbocycles. The lowest BCUT2D eigenvalue weighted by atomic mass is 10.2. The van der Waals surface area contributed by atoms with E-state index in [1.54, 1.807) is 4.57 Å². The summed E-state index contributed by atoms with van der Waals surface area (Å²) in [5.41, 5.74) is 0.382. The summed E-state index contributed by atoms with van der Waals surface area (Å²) in [6.45, 7) is -0.138. The highest BCUT2D eigenvalue weighted by Gasteiger charge is 2.37. The molecule has 1 saturated heterocycles. The lowest BCUT2D eigenvalue weighted by molar-refractivity contribution is -0.0429. The minimum absolute atomic E-state index is 0.162. The second-order valence-corrected chi connectivity index (χ2v) is 4.79. The quantitative estimate of drug-likeness (QED) is 0.356. The molecule has 2 aliphatic rings. The van der Waals surface area contributed by atoms with E-state index >= 15 is 0 Å². The molecule has 3 rings (SSSR count). The summed E-state index contributed by atoms with van der Waals surface area (Å²) in [4.78, 5) is 4.11. The van der Waals surface area contributed by atoms with E-state index in [1.165, 1.54) is 12.7 Å². The van der Waals surface area contributed by atoms with Crippen molar-refractivity contribution in [1.29, 1.82) is 0 Å². The third-order valence-electron chi connectivity index (χ3n) is 3.43. The molecule has 3 heterocycles. The van der Waals surface area contributed by atoms with Crippen molar-refractivity contribution in [3.8, 4) is 0 Å². The number of aliphatic hydroxyl groups excluding tert-OH is 4. The minimum atomic E-state index is -1.03. The second kappa shape index (κ2) is 5.28. The predicted octanol–water partition coefficient (Wildman–Crippen LogP) is -2.34. The van der Waals surface area contributed by atoms with Gasteiger partial charge in [0.1, 0.15) is 29.9 Å². The molecule has 6 N–H and O–H groups in total. The summed E-state index contributed by atoms with van der Waals surface area (Å²) in [6.07, 6.45) is -1.15. The van der Waals surface area contributed by atoms with Crippen molar-refractivity contribution < 1.29 is 25.2 Å². The Labute approximate surface area is 114 Å². The number of aromatic nitrogens is 2. The Bertz CT molecular complexity index is 481. The lowest BCUT2D eigenvalue weighted by Crippen LogP contribution is -2.36. The van der Waals surface area contributed by atoms with Crippen LogP contribution in [0.3, 0.4) is 0 Å². The molecule has 1 fully saturated rings. The number of hydrogen-bond acceptors (Lipinski definition) is 8. The van der Waals surface area contributed by atoms with Crippen molar-refractivity contribution in [3.05, 3.63) is 18.4 Å².